The zero-order valence-corrected chi connectivity index (χ0v) is 13.3. The Balaban J connectivity index is 2.05. The topological polar surface area (TPSA) is 71.2 Å². The van der Waals surface area contributed by atoms with Crippen molar-refractivity contribution in [3.8, 4) is 0 Å². The molecule has 1 unspecified atom stereocenters. The Hall–Kier alpha value is -1.30. The van der Waals surface area contributed by atoms with E-state index in [0.29, 0.717) is 22.5 Å². The van der Waals surface area contributed by atoms with E-state index >= 15 is 0 Å². The van der Waals surface area contributed by atoms with Gasteiger partial charge in [0.2, 0.25) is 0 Å². The number of piperidine rings is 1. The van der Waals surface area contributed by atoms with Crippen LogP contribution in [-0.2, 0) is 0 Å². The van der Waals surface area contributed by atoms with Crippen molar-refractivity contribution in [1.82, 2.24) is 9.88 Å². The van der Waals surface area contributed by atoms with E-state index in [2.05, 4.69) is 31.1 Å². The van der Waals surface area contributed by atoms with Gasteiger partial charge < -0.3 is 16.0 Å². The van der Waals surface area contributed by atoms with E-state index in [1.54, 1.807) is 0 Å². The molecule has 1 aliphatic heterocycles. The quantitative estimate of drug-likeness (QED) is 0.896. The number of carbonyl (C=O) groups is 1. The van der Waals surface area contributed by atoms with Crippen molar-refractivity contribution in [1.29, 1.82) is 0 Å². The summed E-state index contributed by atoms with van der Waals surface area (Å²) < 4.78 is 0. The lowest BCUT2D eigenvalue weighted by molar-refractivity contribution is 0.0689. The molecule has 1 fully saturated rings. The van der Waals surface area contributed by atoms with Gasteiger partial charge in [-0.15, -0.1) is 0 Å². The highest BCUT2D eigenvalue weighted by molar-refractivity contribution is 7.18. The van der Waals surface area contributed by atoms with E-state index < -0.39 is 0 Å². The van der Waals surface area contributed by atoms with Gasteiger partial charge in [0.1, 0.15) is 10.7 Å². The first-order chi connectivity index (χ1) is 9.47. The molecule has 0 spiro atoms. The Morgan fingerprint density at radius 3 is 3.00 bits per heavy atom. The predicted octanol–water partition coefficient (Wildman–Crippen LogP) is 2.67. The van der Waals surface area contributed by atoms with Gasteiger partial charge in [0.05, 0.1) is 0 Å². The highest BCUT2D eigenvalue weighted by atomic mass is 32.1. The van der Waals surface area contributed by atoms with E-state index in [9.17, 15) is 4.79 Å². The highest BCUT2D eigenvalue weighted by Gasteiger charge is 2.25. The summed E-state index contributed by atoms with van der Waals surface area (Å²) in [4.78, 5) is 19.2. The summed E-state index contributed by atoms with van der Waals surface area (Å²) in [6.45, 7) is 8.93. The van der Waals surface area contributed by atoms with Gasteiger partial charge in [0, 0.05) is 19.6 Å². The lowest BCUT2D eigenvalue weighted by Gasteiger charge is -2.30. The second-order valence-electron chi connectivity index (χ2n) is 6.01. The molecule has 6 heteroatoms. The number of nitrogens with two attached hydrogens (primary N) is 1. The third-order valence-corrected chi connectivity index (χ3v) is 4.47. The molecule has 112 valence electrons. The smallest absolute Gasteiger partial charge is 0.267 e. The number of aromatic nitrogens is 1. The first-order valence-electron chi connectivity index (χ1n) is 7.26. The van der Waals surface area contributed by atoms with Crippen LogP contribution in [0.1, 0.15) is 43.3 Å². The normalized spacial score (nSPS) is 19.4. The molecule has 0 saturated carbocycles. The Morgan fingerprint density at radius 1 is 1.60 bits per heavy atom. The van der Waals surface area contributed by atoms with Crippen LogP contribution < -0.4 is 11.1 Å². The number of likely N-dealkylation sites (tertiary alicyclic amines) is 1. The molecular weight excluding hydrogens is 272 g/mol. The van der Waals surface area contributed by atoms with E-state index in [4.69, 9.17) is 5.73 Å². The molecule has 0 bridgehead atoms. The van der Waals surface area contributed by atoms with Crippen LogP contribution in [0.5, 0.6) is 0 Å². The molecule has 0 aromatic carbocycles. The zero-order chi connectivity index (χ0) is 14.7. The Kier molecular flexibility index (Phi) is 4.86. The number of nitrogens with one attached hydrogen (secondary N) is 1. The minimum atomic E-state index is 0.0316. The highest BCUT2D eigenvalue weighted by Crippen LogP contribution is 2.28. The van der Waals surface area contributed by atoms with E-state index in [1.807, 2.05) is 4.90 Å². The first-order valence-corrected chi connectivity index (χ1v) is 8.08. The van der Waals surface area contributed by atoms with E-state index in [1.165, 1.54) is 17.8 Å². The van der Waals surface area contributed by atoms with Crippen molar-refractivity contribution in [2.45, 2.75) is 33.6 Å². The third-order valence-electron chi connectivity index (χ3n) is 3.45. The average Bonchev–Trinajstić information content (AvgIpc) is 2.77. The second-order valence-corrected chi connectivity index (χ2v) is 7.01. The Labute approximate surface area is 124 Å². The van der Waals surface area contributed by atoms with Gasteiger partial charge >= 0.3 is 0 Å². The van der Waals surface area contributed by atoms with Crippen LogP contribution in [0.15, 0.2) is 0 Å². The number of anilines is 2. The van der Waals surface area contributed by atoms with Crippen molar-refractivity contribution < 1.29 is 4.79 Å². The number of nitrogens with zero attached hydrogens (tertiary/aromatic N) is 2. The maximum Gasteiger partial charge on any atom is 0.267 e. The molecule has 0 radical (unpaired) electrons. The summed E-state index contributed by atoms with van der Waals surface area (Å²) in [6, 6.07) is 0. The molecule has 1 aromatic heterocycles. The van der Waals surface area contributed by atoms with Gasteiger partial charge in [-0.05, 0) is 24.7 Å². The van der Waals surface area contributed by atoms with Crippen LogP contribution in [-0.4, -0.2) is 35.4 Å². The lowest BCUT2D eigenvalue weighted by Crippen LogP contribution is -2.39. The van der Waals surface area contributed by atoms with Gasteiger partial charge in [-0.25, -0.2) is 4.98 Å². The van der Waals surface area contributed by atoms with Gasteiger partial charge in [-0.2, -0.15) is 0 Å². The number of hydrogen-bond donors (Lipinski definition) is 2. The lowest BCUT2D eigenvalue weighted by atomic mass is 10.0. The molecule has 1 amide bonds. The van der Waals surface area contributed by atoms with Crippen molar-refractivity contribution in [3.63, 3.8) is 0 Å². The summed E-state index contributed by atoms with van der Waals surface area (Å²) in [7, 11) is 0. The monoisotopic (exact) mass is 296 g/mol. The number of nitrogen functional groups attached to an aromatic ring is 1. The SMILES string of the molecule is CC(C)CNc1nc(N)c(C(=O)N2CCCC(C)C2)s1. The van der Waals surface area contributed by atoms with Crippen LogP contribution in [0.25, 0.3) is 0 Å². The van der Waals surface area contributed by atoms with Gasteiger partial charge in [0.15, 0.2) is 5.13 Å². The van der Waals surface area contributed by atoms with Crippen molar-refractivity contribution in [2.75, 3.05) is 30.7 Å². The first kappa shape index (κ1) is 15.1. The molecule has 1 saturated heterocycles. The van der Waals surface area contributed by atoms with Crippen molar-refractivity contribution >= 4 is 28.2 Å². The molecule has 1 atom stereocenters. The Bertz CT molecular complexity index is 472. The number of rotatable bonds is 4. The fourth-order valence-electron chi connectivity index (χ4n) is 2.37. The van der Waals surface area contributed by atoms with Crippen LogP contribution in [0.2, 0.25) is 0 Å². The number of carbonyl (C=O) groups excluding carboxylic acids is 1. The molecule has 0 aliphatic carbocycles. The molecule has 1 aromatic rings. The standard InChI is InChI=1S/C14H24N4OS/c1-9(2)7-16-14-17-12(15)11(20-14)13(19)18-6-4-5-10(3)8-18/h9-10H,4-8,15H2,1-3H3,(H,16,17). The summed E-state index contributed by atoms with van der Waals surface area (Å²) in [6.07, 6.45) is 2.27. The fraction of sp³-hybridized carbons (Fsp3) is 0.714. The summed E-state index contributed by atoms with van der Waals surface area (Å²) in [5.41, 5.74) is 5.90. The summed E-state index contributed by atoms with van der Waals surface area (Å²) in [5.74, 6) is 1.48. The summed E-state index contributed by atoms with van der Waals surface area (Å²) >= 11 is 1.37. The number of thiazole rings is 1. The molecule has 1 aliphatic rings. The predicted molar refractivity (Wildman–Crippen MR) is 84.2 cm³/mol. The molecule has 20 heavy (non-hydrogen) atoms. The molecule has 2 rings (SSSR count). The maximum atomic E-state index is 12.5. The van der Waals surface area contributed by atoms with Crippen LogP contribution in [0, 0.1) is 11.8 Å². The van der Waals surface area contributed by atoms with Crippen LogP contribution in [0.4, 0.5) is 10.9 Å². The minimum Gasteiger partial charge on any atom is -0.382 e. The Morgan fingerprint density at radius 2 is 2.35 bits per heavy atom. The van der Waals surface area contributed by atoms with Crippen LogP contribution in [0.3, 0.4) is 0 Å². The second kappa shape index (κ2) is 6.43. The van der Waals surface area contributed by atoms with Crippen LogP contribution >= 0.6 is 11.3 Å². The maximum absolute atomic E-state index is 12.5. The van der Waals surface area contributed by atoms with Crippen molar-refractivity contribution in [3.05, 3.63) is 4.88 Å². The third kappa shape index (κ3) is 3.62. The van der Waals surface area contributed by atoms with E-state index in [0.717, 1.165) is 31.2 Å². The number of hydrogen-bond acceptors (Lipinski definition) is 5. The average molecular weight is 296 g/mol. The largest absolute Gasteiger partial charge is 0.382 e. The molecular formula is C14H24N4OS. The molecule has 5 nitrogen and oxygen atoms in total. The minimum absolute atomic E-state index is 0.0316. The zero-order valence-electron chi connectivity index (χ0n) is 12.5. The summed E-state index contributed by atoms with van der Waals surface area (Å²) in [5, 5.41) is 3.97. The number of amides is 1. The fourth-order valence-corrected chi connectivity index (χ4v) is 3.23. The molecule has 3 N–H and O–H groups in total. The van der Waals surface area contributed by atoms with Gasteiger partial charge in [-0.3, -0.25) is 4.79 Å². The van der Waals surface area contributed by atoms with E-state index in [-0.39, 0.29) is 5.91 Å². The molecule has 2 heterocycles. The van der Waals surface area contributed by atoms with Gasteiger partial charge in [0.25, 0.3) is 5.91 Å². The van der Waals surface area contributed by atoms with Gasteiger partial charge in [-0.1, -0.05) is 32.1 Å². The van der Waals surface area contributed by atoms with Crippen molar-refractivity contribution in [2.24, 2.45) is 11.8 Å².